The van der Waals surface area contributed by atoms with Gasteiger partial charge in [0, 0.05) is 4.47 Å². The van der Waals surface area contributed by atoms with E-state index in [-0.39, 0.29) is 24.0 Å². The van der Waals surface area contributed by atoms with Crippen LogP contribution in [0.5, 0.6) is 0 Å². The summed E-state index contributed by atoms with van der Waals surface area (Å²) in [6.07, 6.45) is 1.59. The highest BCUT2D eigenvalue weighted by molar-refractivity contribution is 9.10. The van der Waals surface area contributed by atoms with Gasteiger partial charge in [-0.1, -0.05) is 34.1 Å². The summed E-state index contributed by atoms with van der Waals surface area (Å²) in [6.45, 7) is 3.03. The van der Waals surface area contributed by atoms with Crippen molar-refractivity contribution in [2.45, 2.75) is 31.4 Å². The molecule has 2 unspecified atom stereocenters. The molecule has 0 aliphatic carbocycles. The predicted molar refractivity (Wildman–Crippen MR) is 72.0 cm³/mol. The molecular weight excluding hydrogens is 289 g/mol. The minimum absolute atomic E-state index is 0. The van der Waals surface area contributed by atoms with Crippen molar-refractivity contribution < 1.29 is 5.11 Å². The Morgan fingerprint density at radius 2 is 2.12 bits per heavy atom. The molecule has 2 N–H and O–H groups in total. The number of nitrogens with one attached hydrogen (secondary N) is 1. The van der Waals surface area contributed by atoms with Gasteiger partial charge in [0.2, 0.25) is 0 Å². The van der Waals surface area contributed by atoms with Crippen molar-refractivity contribution in [3.05, 3.63) is 34.3 Å². The number of hydrogen-bond donors (Lipinski definition) is 2. The Morgan fingerprint density at radius 1 is 1.44 bits per heavy atom. The van der Waals surface area contributed by atoms with E-state index in [0.717, 1.165) is 29.4 Å². The van der Waals surface area contributed by atoms with Crippen LogP contribution >= 0.6 is 28.3 Å². The first-order chi connectivity index (χ1) is 7.14. The van der Waals surface area contributed by atoms with Crippen LogP contribution in [0.1, 0.15) is 25.3 Å². The van der Waals surface area contributed by atoms with Gasteiger partial charge in [-0.3, -0.25) is 0 Å². The highest BCUT2D eigenvalue weighted by Gasteiger charge is 2.37. The fourth-order valence-electron chi connectivity index (χ4n) is 2.21. The minimum Gasteiger partial charge on any atom is -0.391 e. The van der Waals surface area contributed by atoms with Crippen molar-refractivity contribution >= 4 is 28.3 Å². The van der Waals surface area contributed by atoms with E-state index in [9.17, 15) is 5.11 Å². The lowest BCUT2D eigenvalue weighted by Gasteiger charge is -2.40. The third kappa shape index (κ3) is 2.43. The quantitative estimate of drug-likeness (QED) is 0.836. The Balaban J connectivity index is 0.00000128. The van der Waals surface area contributed by atoms with Gasteiger partial charge in [-0.2, -0.15) is 0 Å². The van der Waals surface area contributed by atoms with E-state index >= 15 is 0 Å². The molecule has 1 saturated heterocycles. The van der Waals surface area contributed by atoms with Crippen LogP contribution in [0, 0.1) is 0 Å². The second-order valence-corrected chi connectivity index (χ2v) is 5.12. The van der Waals surface area contributed by atoms with E-state index in [1.54, 1.807) is 0 Å². The lowest BCUT2D eigenvalue weighted by Crippen LogP contribution is -2.53. The number of rotatable bonds is 1. The van der Waals surface area contributed by atoms with Crippen molar-refractivity contribution in [1.29, 1.82) is 0 Å². The molecule has 1 aromatic carbocycles. The second kappa shape index (κ2) is 5.50. The van der Waals surface area contributed by atoms with E-state index in [0.29, 0.717) is 0 Å². The van der Waals surface area contributed by atoms with Gasteiger partial charge < -0.3 is 10.4 Å². The smallest absolute Gasteiger partial charge is 0.0761 e. The zero-order valence-corrected chi connectivity index (χ0v) is 11.6. The Labute approximate surface area is 111 Å². The normalized spacial score (nSPS) is 29.6. The SMILES string of the molecule is CC1(c2ccccc2Br)NCCCC1O.Cl. The molecule has 90 valence electrons. The van der Waals surface area contributed by atoms with Gasteiger partial charge in [0.25, 0.3) is 0 Å². The monoisotopic (exact) mass is 305 g/mol. The summed E-state index contributed by atoms with van der Waals surface area (Å²) in [4.78, 5) is 0. The molecule has 0 aromatic heterocycles. The largest absolute Gasteiger partial charge is 0.391 e. The first-order valence-electron chi connectivity index (χ1n) is 5.33. The number of piperidine rings is 1. The maximum Gasteiger partial charge on any atom is 0.0761 e. The molecule has 0 bridgehead atoms. The number of halogens is 2. The van der Waals surface area contributed by atoms with Crippen LogP contribution in [0.2, 0.25) is 0 Å². The summed E-state index contributed by atoms with van der Waals surface area (Å²) in [5.74, 6) is 0. The summed E-state index contributed by atoms with van der Waals surface area (Å²) in [5.41, 5.74) is 0.815. The number of aliphatic hydroxyl groups is 1. The molecule has 2 atom stereocenters. The summed E-state index contributed by atoms with van der Waals surface area (Å²) in [7, 11) is 0. The van der Waals surface area contributed by atoms with E-state index in [1.807, 2.05) is 18.2 Å². The molecule has 0 radical (unpaired) electrons. The maximum atomic E-state index is 10.1. The van der Waals surface area contributed by atoms with E-state index < -0.39 is 0 Å². The first-order valence-corrected chi connectivity index (χ1v) is 6.12. The van der Waals surface area contributed by atoms with Crippen LogP contribution < -0.4 is 5.32 Å². The fourth-order valence-corrected chi connectivity index (χ4v) is 2.90. The number of benzene rings is 1. The Kier molecular flexibility index (Phi) is 4.80. The van der Waals surface area contributed by atoms with Gasteiger partial charge in [0.05, 0.1) is 11.6 Å². The average Bonchev–Trinajstić information content (AvgIpc) is 2.23. The van der Waals surface area contributed by atoms with E-state index in [1.165, 1.54) is 0 Å². The fraction of sp³-hybridized carbons (Fsp3) is 0.500. The Bertz CT molecular complexity index is 361. The molecule has 0 spiro atoms. The molecule has 16 heavy (non-hydrogen) atoms. The third-order valence-corrected chi connectivity index (χ3v) is 3.94. The third-order valence-electron chi connectivity index (χ3n) is 3.25. The highest BCUT2D eigenvalue weighted by Crippen LogP contribution is 2.34. The van der Waals surface area contributed by atoms with Gasteiger partial charge in [0.15, 0.2) is 0 Å². The van der Waals surface area contributed by atoms with Gasteiger partial charge in [0.1, 0.15) is 0 Å². The topological polar surface area (TPSA) is 32.3 Å². The molecule has 1 heterocycles. The molecule has 1 aliphatic heterocycles. The van der Waals surface area contributed by atoms with Crippen LogP contribution in [-0.2, 0) is 5.54 Å². The van der Waals surface area contributed by atoms with Crippen molar-refractivity contribution in [3.63, 3.8) is 0 Å². The molecule has 2 rings (SSSR count). The number of aliphatic hydroxyl groups excluding tert-OH is 1. The second-order valence-electron chi connectivity index (χ2n) is 4.27. The van der Waals surface area contributed by atoms with Crippen molar-refractivity contribution in [2.75, 3.05) is 6.54 Å². The maximum absolute atomic E-state index is 10.1. The van der Waals surface area contributed by atoms with E-state index in [2.05, 4.69) is 34.2 Å². The van der Waals surface area contributed by atoms with Gasteiger partial charge in [-0.25, -0.2) is 0 Å². The summed E-state index contributed by atoms with van der Waals surface area (Å²) >= 11 is 3.54. The molecule has 1 aromatic rings. The molecule has 0 saturated carbocycles. The van der Waals surface area contributed by atoms with Crippen LogP contribution in [0.3, 0.4) is 0 Å². The van der Waals surface area contributed by atoms with Crippen LogP contribution in [0.25, 0.3) is 0 Å². The summed E-state index contributed by atoms with van der Waals surface area (Å²) in [6, 6.07) is 8.08. The Morgan fingerprint density at radius 3 is 2.75 bits per heavy atom. The Hall–Kier alpha value is -0.0900. The van der Waals surface area contributed by atoms with E-state index in [4.69, 9.17) is 0 Å². The van der Waals surface area contributed by atoms with Gasteiger partial charge >= 0.3 is 0 Å². The van der Waals surface area contributed by atoms with Gasteiger partial charge in [-0.05, 0) is 37.9 Å². The molecule has 4 heteroatoms. The van der Waals surface area contributed by atoms with Crippen molar-refractivity contribution in [1.82, 2.24) is 5.32 Å². The minimum atomic E-state index is -0.321. The molecule has 2 nitrogen and oxygen atoms in total. The molecule has 0 amide bonds. The lowest BCUT2D eigenvalue weighted by molar-refractivity contribution is 0.0381. The molecule has 1 aliphatic rings. The van der Waals surface area contributed by atoms with Crippen LogP contribution in [0.4, 0.5) is 0 Å². The number of hydrogen-bond acceptors (Lipinski definition) is 2. The zero-order chi connectivity index (χ0) is 10.9. The average molecular weight is 307 g/mol. The molecule has 1 fully saturated rings. The first kappa shape index (κ1) is 14.0. The summed E-state index contributed by atoms with van der Waals surface area (Å²) < 4.78 is 1.06. The van der Waals surface area contributed by atoms with Crippen molar-refractivity contribution in [3.8, 4) is 0 Å². The van der Waals surface area contributed by atoms with Crippen LogP contribution in [-0.4, -0.2) is 17.8 Å². The van der Waals surface area contributed by atoms with Crippen molar-refractivity contribution in [2.24, 2.45) is 0 Å². The van der Waals surface area contributed by atoms with Crippen LogP contribution in [0.15, 0.2) is 28.7 Å². The predicted octanol–water partition coefficient (Wildman–Crippen LogP) is 2.83. The standard InChI is InChI=1S/C12H16BrNO.ClH/c1-12(11(15)7-4-8-14-12)9-5-2-3-6-10(9)13;/h2-3,5-6,11,14-15H,4,7-8H2,1H3;1H. The highest BCUT2D eigenvalue weighted by atomic mass is 79.9. The zero-order valence-electron chi connectivity index (χ0n) is 9.24. The summed E-state index contributed by atoms with van der Waals surface area (Å²) in [5, 5.41) is 13.5. The van der Waals surface area contributed by atoms with Gasteiger partial charge in [-0.15, -0.1) is 12.4 Å². The molecular formula is C12H17BrClNO. The lowest BCUT2D eigenvalue weighted by atomic mass is 9.81.